The van der Waals surface area contributed by atoms with E-state index in [4.69, 9.17) is 5.11 Å². The molecular formula is C14H15FN2O4. The Morgan fingerprint density at radius 3 is 2.81 bits per heavy atom. The van der Waals surface area contributed by atoms with Crippen molar-refractivity contribution in [2.75, 3.05) is 18.0 Å². The van der Waals surface area contributed by atoms with Crippen molar-refractivity contribution >= 4 is 17.7 Å². The number of β-amino-alcohol motifs (C(OH)–C–C–N with tert-alkyl or cyclic N) is 1. The fraction of sp³-hybridized carbons (Fsp3) is 0.429. The number of carboxylic acids is 1. The van der Waals surface area contributed by atoms with Gasteiger partial charge in [-0.2, -0.15) is 0 Å². The molecule has 1 aromatic rings. The summed E-state index contributed by atoms with van der Waals surface area (Å²) in [6, 6.07) is 2.72. The topological polar surface area (TPSA) is 81.1 Å². The number of hydrogen-bond donors (Lipinski definition) is 2. The number of aliphatic carboxylic acids is 1. The van der Waals surface area contributed by atoms with Gasteiger partial charge in [0.2, 0.25) is 0 Å². The second-order valence-electron chi connectivity index (χ2n) is 5.35. The minimum Gasteiger partial charge on any atom is -0.480 e. The molecule has 2 atom stereocenters. The van der Waals surface area contributed by atoms with E-state index in [0.29, 0.717) is 18.7 Å². The van der Waals surface area contributed by atoms with Crippen molar-refractivity contribution in [2.45, 2.75) is 25.0 Å². The third-order valence-corrected chi connectivity index (χ3v) is 3.98. The number of likely N-dealkylation sites (tertiary alicyclic amines) is 1. The van der Waals surface area contributed by atoms with E-state index in [1.165, 1.54) is 17.0 Å². The van der Waals surface area contributed by atoms with Crippen molar-refractivity contribution in [3.05, 3.63) is 29.6 Å². The summed E-state index contributed by atoms with van der Waals surface area (Å²) in [5.41, 5.74) is 1.34. The Morgan fingerprint density at radius 2 is 2.10 bits per heavy atom. The molecule has 2 heterocycles. The van der Waals surface area contributed by atoms with Gasteiger partial charge in [0.15, 0.2) is 0 Å². The molecule has 6 nitrogen and oxygen atoms in total. The van der Waals surface area contributed by atoms with Crippen molar-refractivity contribution in [2.24, 2.45) is 0 Å². The van der Waals surface area contributed by atoms with Crippen LogP contribution < -0.4 is 4.90 Å². The van der Waals surface area contributed by atoms with Gasteiger partial charge in [0.05, 0.1) is 11.8 Å². The Hall–Kier alpha value is -2.15. The van der Waals surface area contributed by atoms with Crippen LogP contribution in [0.4, 0.5) is 14.9 Å². The molecule has 0 bridgehead atoms. The smallest absolute Gasteiger partial charge is 0.326 e. The van der Waals surface area contributed by atoms with Gasteiger partial charge in [0, 0.05) is 19.5 Å². The number of aliphatic hydroxyl groups is 1. The van der Waals surface area contributed by atoms with Crippen LogP contribution in [0.1, 0.15) is 12.0 Å². The maximum absolute atomic E-state index is 13.4. The molecule has 0 spiro atoms. The van der Waals surface area contributed by atoms with Gasteiger partial charge >= 0.3 is 12.0 Å². The van der Waals surface area contributed by atoms with Gasteiger partial charge < -0.3 is 15.1 Å². The Balaban J connectivity index is 1.87. The van der Waals surface area contributed by atoms with Crippen molar-refractivity contribution in [3.8, 4) is 0 Å². The van der Waals surface area contributed by atoms with Crippen molar-refractivity contribution in [3.63, 3.8) is 0 Å². The van der Waals surface area contributed by atoms with E-state index in [1.807, 2.05) is 0 Å². The summed E-state index contributed by atoms with van der Waals surface area (Å²) in [6.07, 6.45) is -0.218. The Bertz CT molecular complexity index is 607. The van der Waals surface area contributed by atoms with Crippen LogP contribution in [0, 0.1) is 5.82 Å². The predicted molar refractivity (Wildman–Crippen MR) is 71.6 cm³/mol. The highest BCUT2D eigenvalue weighted by molar-refractivity contribution is 5.96. The summed E-state index contributed by atoms with van der Waals surface area (Å²) in [7, 11) is 0. The van der Waals surface area contributed by atoms with Crippen LogP contribution in [0.3, 0.4) is 0 Å². The molecule has 2 aliphatic heterocycles. The van der Waals surface area contributed by atoms with Crippen LogP contribution in [0.5, 0.6) is 0 Å². The highest BCUT2D eigenvalue weighted by Gasteiger charge is 2.42. The summed E-state index contributed by atoms with van der Waals surface area (Å²) >= 11 is 0. The Kier molecular flexibility index (Phi) is 3.29. The lowest BCUT2D eigenvalue weighted by molar-refractivity contribution is -0.141. The second kappa shape index (κ2) is 5.00. The monoisotopic (exact) mass is 294 g/mol. The third-order valence-electron chi connectivity index (χ3n) is 3.98. The molecule has 2 aliphatic rings. The van der Waals surface area contributed by atoms with Crippen LogP contribution in [-0.2, 0) is 11.2 Å². The number of nitrogens with zero attached hydrogens (tertiary/aromatic N) is 2. The largest absolute Gasteiger partial charge is 0.480 e. The molecule has 0 saturated carbocycles. The maximum atomic E-state index is 13.4. The predicted octanol–water partition coefficient (Wildman–Crippen LogP) is 0.828. The molecule has 1 fully saturated rings. The van der Waals surface area contributed by atoms with Crippen LogP contribution in [0.25, 0.3) is 0 Å². The number of amides is 2. The zero-order valence-corrected chi connectivity index (χ0v) is 11.2. The number of urea groups is 1. The fourth-order valence-electron chi connectivity index (χ4n) is 2.97. The number of anilines is 1. The van der Waals surface area contributed by atoms with E-state index in [2.05, 4.69) is 0 Å². The number of carboxylic acid groups (broad SMARTS) is 1. The van der Waals surface area contributed by atoms with Gasteiger partial charge in [0.1, 0.15) is 11.9 Å². The first-order valence-corrected chi connectivity index (χ1v) is 6.75. The van der Waals surface area contributed by atoms with Crippen molar-refractivity contribution in [1.29, 1.82) is 0 Å². The van der Waals surface area contributed by atoms with Gasteiger partial charge in [-0.05, 0) is 24.1 Å². The molecule has 1 aromatic carbocycles. The molecule has 2 amide bonds. The summed E-state index contributed by atoms with van der Waals surface area (Å²) in [6.45, 7) is 0.369. The molecule has 21 heavy (non-hydrogen) atoms. The number of halogens is 1. The molecule has 3 rings (SSSR count). The van der Waals surface area contributed by atoms with E-state index in [1.54, 1.807) is 6.07 Å². The normalized spacial score (nSPS) is 24.3. The zero-order chi connectivity index (χ0) is 15.1. The van der Waals surface area contributed by atoms with Crippen LogP contribution >= 0.6 is 0 Å². The molecule has 1 saturated heterocycles. The Morgan fingerprint density at radius 1 is 1.33 bits per heavy atom. The number of hydrogen-bond acceptors (Lipinski definition) is 3. The van der Waals surface area contributed by atoms with E-state index in [0.717, 1.165) is 10.5 Å². The van der Waals surface area contributed by atoms with Gasteiger partial charge in [-0.1, -0.05) is 6.07 Å². The summed E-state index contributed by atoms with van der Waals surface area (Å²) in [5.74, 6) is -1.58. The van der Waals surface area contributed by atoms with E-state index < -0.39 is 30.0 Å². The number of carbonyl (C=O) groups excluding carboxylic acids is 1. The lowest BCUT2D eigenvalue weighted by Gasteiger charge is -2.27. The number of aliphatic hydroxyl groups excluding tert-OH is 1. The number of fused-ring (bicyclic) bond motifs is 1. The SMILES string of the molecule is O=C(O)[C@H]1C[C@@H](O)CN1C(=O)N1CCc2ccc(F)cc21. The minimum atomic E-state index is -1.14. The first-order chi connectivity index (χ1) is 9.97. The highest BCUT2D eigenvalue weighted by Crippen LogP contribution is 2.31. The maximum Gasteiger partial charge on any atom is 0.326 e. The first kappa shape index (κ1) is 13.8. The van der Waals surface area contributed by atoms with Crippen LogP contribution in [-0.4, -0.2) is 52.3 Å². The number of benzene rings is 1. The van der Waals surface area contributed by atoms with Gasteiger partial charge in [0.25, 0.3) is 0 Å². The van der Waals surface area contributed by atoms with Crippen molar-refractivity contribution < 1.29 is 24.2 Å². The van der Waals surface area contributed by atoms with Crippen LogP contribution in [0.2, 0.25) is 0 Å². The standard InChI is InChI=1S/C14H15FN2O4/c15-9-2-1-8-3-4-16(11(8)5-9)14(21)17-7-10(18)6-12(17)13(19)20/h1-2,5,10,12,18H,3-4,6-7H2,(H,19,20)/t10-,12-/m1/s1. The Labute approximate surface area is 120 Å². The molecule has 2 N–H and O–H groups in total. The number of carbonyl (C=O) groups is 2. The van der Waals surface area contributed by atoms with Crippen LogP contribution in [0.15, 0.2) is 18.2 Å². The second-order valence-corrected chi connectivity index (χ2v) is 5.35. The van der Waals surface area contributed by atoms with E-state index >= 15 is 0 Å². The van der Waals surface area contributed by atoms with E-state index in [-0.39, 0.29) is 13.0 Å². The summed E-state index contributed by atoms with van der Waals surface area (Å²) in [5, 5.41) is 18.8. The van der Waals surface area contributed by atoms with Crippen molar-refractivity contribution in [1.82, 2.24) is 4.90 Å². The molecule has 0 aromatic heterocycles. The van der Waals surface area contributed by atoms with Gasteiger partial charge in [-0.3, -0.25) is 4.90 Å². The molecule has 0 unspecified atom stereocenters. The number of rotatable bonds is 1. The van der Waals surface area contributed by atoms with Gasteiger partial charge in [-0.15, -0.1) is 0 Å². The average molecular weight is 294 g/mol. The lowest BCUT2D eigenvalue weighted by atomic mass is 10.2. The summed E-state index contributed by atoms with van der Waals surface area (Å²) < 4.78 is 13.4. The highest BCUT2D eigenvalue weighted by atomic mass is 19.1. The average Bonchev–Trinajstić information content (AvgIpc) is 3.01. The first-order valence-electron chi connectivity index (χ1n) is 6.75. The molecule has 0 radical (unpaired) electrons. The van der Waals surface area contributed by atoms with E-state index in [9.17, 15) is 19.1 Å². The molecule has 0 aliphatic carbocycles. The quantitative estimate of drug-likeness (QED) is 0.804. The fourth-order valence-corrected chi connectivity index (χ4v) is 2.97. The minimum absolute atomic E-state index is 0.0169. The van der Waals surface area contributed by atoms with Gasteiger partial charge in [-0.25, -0.2) is 14.0 Å². The molecule has 7 heteroatoms. The summed E-state index contributed by atoms with van der Waals surface area (Å²) in [4.78, 5) is 26.3. The zero-order valence-electron chi connectivity index (χ0n) is 11.2. The molecule has 112 valence electrons. The third kappa shape index (κ3) is 2.33. The lowest BCUT2D eigenvalue weighted by Crippen LogP contribution is -2.47. The molecular weight excluding hydrogens is 279 g/mol.